The highest BCUT2D eigenvalue weighted by Crippen LogP contribution is 2.53. The average molecular weight is 388 g/mol. The van der Waals surface area contributed by atoms with Crippen LogP contribution in [0.1, 0.15) is 48.5 Å². The van der Waals surface area contributed by atoms with Crippen molar-refractivity contribution in [2.75, 3.05) is 13.1 Å². The van der Waals surface area contributed by atoms with Crippen molar-refractivity contribution < 1.29 is 9.59 Å². The molecule has 148 valence electrons. The second-order valence-electron chi connectivity index (χ2n) is 8.12. The van der Waals surface area contributed by atoms with Crippen molar-refractivity contribution in [1.82, 2.24) is 15.2 Å². The SMILES string of the molecule is C[C@@H](NC(=O)c1cnc(-c2ccccc2)c(C#N)c1)C(=O)N1CCC2(CC1)CC2. The van der Waals surface area contributed by atoms with Crippen molar-refractivity contribution in [3.05, 3.63) is 53.7 Å². The highest BCUT2D eigenvalue weighted by atomic mass is 16.2. The molecule has 1 saturated carbocycles. The number of rotatable bonds is 4. The highest BCUT2D eigenvalue weighted by Gasteiger charge is 2.45. The first-order chi connectivity index (χ1) is 14.0. The molecule has 4 rings (SSSR count). The number of likely N-dealkylation sites (tertiary alicyclic amines) is 1. The lowest BCUT2D eigenvalue weighted by Gasteiger charge is -2.33. The molecule has 2 aromatic rings. The van der Waals surface area contributed by atoms with Gasteiger partial charge in [-0.05, 0) is 44.1 Å². The number of nitrogens with zero attached hydrogens (tertiary/aromatic N) is 3. The van der Waals surface area contributed by atoms with Gasteiger partial charge in [-0.25, -0.2) is 0 Å². The molecule has 2 fully saturated rings. The van der Waals surface area contributed by atoms with E-state index in [1.54, 1.807) is 6.92 Å². The molecule has 0 radical (unpaired) electrons. The summed E-state index contributed by atoms with van der Waals surface area (Å²) < 4.78 is 0. The van der Waals surface area contributed by atoms with Crippen molar-refractivity contribution in [1.29, 1.82) is 5.26 Å². The van der Waals surface area contributed by atoms with Gasteiger partial charge in [-0.2, -0.15) is 5.26 Å². The third-order valence-corrected chi connectivity index (χ3v) is 6.13. The topological polar surface area (TPSA) is 86.1 Å². The van der Waals surface area contributed by atoms with Crippen LogP contribution in [0.15, 0.2) is 42.6 Å². The Morgan fingerprint density at radius 3 is 2.48 bits per heavy atom. The van der Waals surface area contributed by atoms with Crippen LogP contribution in [-0.4, -0.2) is 40.8 Å². The van der Waals surface area contributed by atoms with Gasteiger partial charge in [0.05, 0.1) is 16.8 Å². The second-order valence-corrected chi connectivity index (χ2v) is 8.12. The van der Waals surface area contributed by atoms with E-state index in [0.717, 1.165) is 31.5 Å². The molecule has 29 heavy (non-hydrogen) atoms. The fourth-order valence-electron chi connectivity index (χ4n) is 3.99. The molecular formula is C23H24N4O2. The summed E-state index contributed by atoms with van der Waals surface area (Å²) >= 11 is 0. The van der Waals surface area contributed by atoms with Crippen LogP contribution in [0.2, 0.25) is 0 Å². The number of carbonyl (C=O) groups is 2. The number of nitrogens with one attached hydrogen (secondary N) is 1. The summed E-state index contributed by atoms with van der Waals surface area (Å²) in [6, 6.07) is 12.4. The van der Waals surface area contributed by atoms with E-state index in [9.17, 15) is 14.9 Å². The number of benzene rings is 1. The first kappa shape index (κ1) is 19.1. The Hall–Kier alpha value is -3.20. The van der Waals surface area contributed by atoms with Gasteiger partial charge >= 0.3 is 0 Å². The quantitative estimate of drug-likeness (QED) is 0.872. The van der Waals surface area contributed by atoms with Gasteiger partial charge in [0.25, 0.3) is 5.91 Å². The number of carbonyl (C=O) groups excluding carboxylic acids is 2. The minimum absolute atomic E-state index is 0.0526. The molecule has 0 bridgehead atoms. The zero-order valence-corrected chi connectivity index (χ0v) is 16.5. The number of pyridine rings is 1. The molecule has 1 aromatic heterocycles. The maximum atomic E-state index is 12.7. The summed E-state index contributed by atoms with van der Waals surface area (Å²) in [6.45, 7) is 3.24. The third kappa shape index (κ3) is 4.00. The average Bonchev–Trinajstić information content (AvgIpc) is 3.52. The Labute approximate surface area is 170 Å². The summed E-state index contributed by atoms with van der Waals surface area (Å²) in [5.41, 5.74) is 2.46. The zero-order valence-electron chi connectivity index (χ0n) is 16.5. The van der Waals surface area contributed by atoms with E-state index in [-0.39, 0.29) is 11.5 Å². The largest absolute Gasteiger partial charge is 0.341 e. The van der Waals surface area contributed by atoms with Crippen molar-refractivity contribution in [3.8, 4) is 17.3 Å². The van der Waals surface area contributed by atoms with E-state index in [2.05, 4.69) is 16.4 Å². The minimum atomic E-state index is -0.616. The van der Waals surface area contributed by atoms with Crippen LogP contribution >= 0.6 is 0 Å². The van der Waals surface area contributed by atoms with Crippen LogP contribution in [0, 0.1) is 16.7 Å². The highest BCUT2D eigenvalue weighted by molar-refractivity contribution is 5.97. The Bertz CT molecular complexity index is 966. The number of nitriles is 1. The van der Waals surface area contributed by atoms with Crippen molar-refractivity contribution in [2.45, 2.75) is 38.6 Å². The third-order valence-electron chi connectivity index (χ3n) is 6.13. The van der Waals surface area contributed by atoms with Crippen LogP contribution in [0.5, 0.6) is 0 Å². The monoisotopic (exact) mass is 388 g/mol. The second kappa shape index (κ2) is 7.67. The predicted molar refractivity (Wildman–Crippen MR) is 109 cm³/mol. The summed E-state index contributed by atoms with van der Waals surface area (Å²) in [6.07, 6.45) is 6.15. The molecule has 1 aromatic carbocycles. The molecule has 2 aliphatic rings. The van der Waals surface area contributed by atoms with Gasteiger partial charge < -0.3 is 10.2 Å². The summed E-state index contributed by atoms with van der Waals surface area (Å²) in [5, 5.41) is 12.3. The number of piperidine rings is 1. The van der Waals surface area contributed by atoms with Crippen LogP contribution in [0.3, 0.4) is 0 Å². The van der Waals surface area contributed by atoms with Crippen LogP contribution in [-0.2, 0) is 4.79 Å². The Balaban J connectivity index is 1.42. The lowest BCUT2D eigenvalue weighted by molar-refractivity contribution is -0.134. The molecule has 1 atom stereocenters. The van der Waals surface area contributed by atoms with Gasteiger partial charge in [0, 0.05) is 24.8 Å². The van der Waals surface area contributed by atoms with Gasteiger partial charge in [0.15, 0.2) is 0 Å². The molecule has 6 heteroatoms. The van der Waals surface area contributed by atoms with Gasteiger partial charge in [-0.3, -0.25) is 14.6 Å². The van der Waals surface area contributed by atoms with Gasteiger partial charge in [-0.1, -0.05) is 30.3 Å². The molecule has 1 saturated heterocycles. The fraction of sp³-hybridized carbons (Fsp3) is 0.391. The molecule has 0 unspecified atom stereocenters. The Morgan fingerprint density at radius 1 is 1.17 bits per heavy atom. The normalized spacial score (nSPS) is 18.0. The van der Waals surface area contributed by atoms with Gasteiger partial charge in [0.2, 0.25) is 5.91 Å². The van der Waals surface area contributed by atoms with Crippen LogP contribution < -0.4 is 5.32 Å². The molecule has 1 spiro atoms. The number of amides is 2. The Kier molecular flexibility index (Phi) is 5.06. The summed E-state index contributed by atoms with van der Waals surface area (Å²) in [4.78, 5) is 31.5. The van der Waals surface area contributed by atoms with Crippen LogP contribution in [0.25, 0.3) is 11.3 Å². The van der Waals surface area contributed by atoms with E-state index < -0.39 is 11.9 Å². The first-order valence-corrected chi connectivity index (χ1v) is 10.1. The number of hydrogen-bond acceptors (Lipinski definition) is 4. The van der Waals surface area contributed by atoms with Gasteiger partial charge in [-0.15, -0.1) is 0 Å². The van der Waals surface area contributed by atoms with E-state index in [1.807, 2.05) is 35.2 Å². The molecule has 6 nitrogen and oxygen atoms in total. The standard InChI is InChI=1S/C23H24N4O2/c1-16(22(29)27-11-9-23(7-8-23)10-12-27)26-21(28)19-13-18(14-24)20(25-15-19)17-5-3-2-4-6-17/h2-6,13,15-16H,7-12H2,1H3,(H,26,28)/t16-/m1/s1. The molecular weight excluding hydrogens is 364 g/mol. The van der Waals surface area contributed by atoms with E-state index >= 15 is 0 Å². The summed E-state index contributed by atoms with van der Waals surface area (Å²) in [7, 11) is 0. The molecule has 2 heterocycles. The molecule has 1 aliphatic heterocycles. The first-order valence-electron chi connectivity index (χ1n) is 10.1. The molecule has 1 N–H and O–H groups in total. The van der Waals surface area contributed by atoms with E-state index in [4.69, 9.17) is 0 Å². The zero-order chi connectivity index (χ0) is 20.4. The molecule has 1 aliphatic carbocycles. The van der Waals surface area contributed by atoms with Crippen molar-refractivity contribution in [3.63, 3.8) is 0 Å². The number of aromatic nitrogens is 1. The van der Waals surface area contributed by atoms with Crippen LogP contribution in [0.4, 0.5) is 0 Å². The lowest BCUT2D eigenvalue weighted by Crippen LogP contribution is -2.49. The minimum Gasteiger partial charge on any atom is -0.341 e. The number of hydrogen-bond donors (Lipinski definition) is 1. The Morgan fingerprint density at radius 2 is 1.86 bits per heavy atom. The van der Waals surface area contributed by atoms with E-state index in [0.29, 0.717) is 16.7 Å². The maximum absolute atomic E-state index is 12.7. The van der Waals surface area contributed by atoms with Crippen molar-refractivity contribution in [2.24, 2.45) is 5.41 Å². The molecule has 2 amide bonds. The van der Waals surface area contributed by atoms with Crippen molar-refractivity contribution >= 4 is 11.8 Å². The van der Waals surface area contributed by atoms with Gasteiger partial charge in [0.1, 0.15) is 12.1 Å². The summed E-state index contributed by atoms with van der Waals surface area (Å²) in [5.74, 6) is -0.451. The predicted octanol–water partition coefficient (Wildman–Crippen LogP) is 3.14. The lowest BCUT2D eigenvalue weighted by atomic mass is 9.93. The smallest absolute Gasteiger partial charge is 0.253 e. The van der Waals surface area contributed by atoms with E-state index in [1.165, 1.54) is 25.1 Å². The maximum Gasteiger partial charge on any atom is 0.253 e. The fourth-order valence-corrected chi connectivity index (χ4v) is 3.99.